The van der Waals surface area contributed by atoms with Crippen molar-refractivity contribution in [3.8, 4) is 0 Å². The Bertz CT molecular complexity index is 1100. The number of hydrogen-bond donors (Lipinski definition) is 1. The van der Waals surface area contributed by atoms with Crippen molar-refractivity contribution >= 4 is 45.6 Å². The number of imidazole rings is 1. The average Bonchev–Trinajstić information content (AvgIpc) is 3.14. The first-order chi connectivity index (χ1) is 12.5. The standard InChI is InChI=1S/C18H12F2N4OS/c1-24-9-21-14-4-2-10(6-15(14)24)7-16-17(25)23-18(26-16)22-13-5-3-11(19)8-12(13)20/h2-9H,1H3,(H,22,23,25)/b16-7-. The Morgan fingerprint density at radius 3 is 2.85 bits per heavy atom. The van der Waals surface area contributed by atoms with Crippen molar-refractivity contribution < 1.29 is 13.6 Å². The normalized spacial score (nSPS) is 15.7. The van der Waals surface area contributed by atoms with Crippen LogP contribution in [0.2, 0.25) is 0 Å². The summed E-state index contributed by atoms with van der Waals surface area (Å²) in [6.07, 6.45) is 3.44. The number of anilines is 1. The molecule has 26 heavy (non-hydrogen) atoms. The predicted molar refractivity (Wildman–Crippen MR) is 98.7 cm³/mol. The van der Waals surface area contributed by atoms with Crippen molar-refractivity contribution in [1.82, 2.24) is 9.55 Å². The molecule has 1 aliphatic heterocycles. The van der Waals surface area contributed by atoms with Crippen LogP contribution in [0, 0.1) is 11.6 Å². The summed E-state index contributed by atoms with van der Waals surface area (Å²) in [4.78, 5) is 20.7. The van der Waals surface area contributed by atoms with Gasteiger partial charge in [0.1, 0.15) is 11.6 Å². The molecule has 0 saturated heterocycles. The summed E-state index contributed by atoms with van der Waals surface area (Å²) in [5, 5.41) is 2.96. The predicted octanol–water partition coefficient (Wildman–Crippen LogP) is 3.93. The topological polar surface area (TPSA) is 59.3 Å². The molecule has 2 heterocycles. The number of halogens is 2. The van der Waals surface area contributed by atoms with Gasteiger partial charge in [-0.05, 0) is 47.7 Å². The molecule has 4 rings (SSSR count). The lowest BCUT2D eigenvalue weighted by atomic mass is 10.2. The highest BCUT2D eigenvalue weighted by atomic mass is 32.2. The second kappa shape index (κ2) is 6.38. The number of aromatic nitrogens is 2. The Balaban J connectivity index is 1.56. The molecule has 0 bridgehead atoms. The van der Waals surface area contributed by atoms with Gasteiger partial charge in [0.25, 0.3) is 5.91 Å². The third kappa shape index (κ3) is 3.11. The van der Waals surface area contributed by atoms with E-state index in [1.807, 2.05) is 29.8 Å². The van der Waals surface area contributed by atoms with E-state index in [0.717, 1.165) is 40.5 Å². The van der Waals surface area contributed by atoms with Crippen LogP contribution in [-0.2, 0) is 11.8 Å². The summed E-state index contributed by atoms with van der Waals surface area (Å²) in [5.41, 5.74) is 2.71. The van der Waals surface area contributed by atoms with Gasteiger partial charge in [0, 0.05) is 13.1 Å². The maximum Gasteiger partial charge on any atom is 0.286 e. The van der Waals surface area contributed by atoms with Crippen molar-refractivity contribution in [1.29, 1.82) is 0 Å². The van der Waals surface area contributed by atoms with Crippen molar-refractivity contribution in [2.24, 2.45) is 12.0 Å². The van der Waals surface area contributed by atoms with Gasteiger partial charge in [0.15, 0.2) is 5.17 Å². The van der Waals surface area contributed by atoms with Crippen LogP contribution in [0.15, 0.2) is 52.6 Å². The summed E-state index contributed by atoms with van der Waals surface area (Å²) in [7, 11) is 1.89. The quantitative estimate of drug-likeness (QED) is 0.695. The average molecular weight is 370 g/mol. The van der Waals surface area contributed by atoms with E-state index in [-0.39, 0.29) is 10.9 Å². The molecule has 1 N–H and O–H groups in total. The molecule has 0 atom stereocenters. The van der Waals surface area contributed by atoms with Gasteiger partial charge in [-0.25, -0.2) is 13.8 Å². The first-order valence-electron chi connectivity index (χ1n) is 7.65. The van der Waals surface area contributed by atoms with Crippen molar-refractivity contribution in [2.45, 2.75) is 0 Å². The molecule has 2 aromatic carbocycles. The lowest BCUT2D eigenvalue weighted by Crippen LogP contribution is -2.06. The van der Waals surface area contributed by atoms with Crippen LogP contribution in [0.5, 0.6) is 0 Å². The van der Waals surface area contributed by atoms with Gasteiger partial charge < -0.3 is 9.88 Å². The first kappa shape index (κ1) is 16.5. The highest BCUT2D eigenvalue weighted by Gasteiger charge is 2.22. The van der Waals surface area contributed by atoms with E-state index in [4.69, 9.17) is 0 Å². The summed E-state index contributed by atoms with van der Waals surface area (Å²) < 4.78 is 28.6. The largest absolute Gasteiger partial charge is 0.334 e. The number of nitrogens with zero attached hydrogens (tertiary/aromatic N) is 3. The van der Waals surface area contributed by atoms with Crippen LogP contribution < -0.4 is 5.32 Å². The minimum absolute atomic E-state index is 0.0583. The summed E-state index contributed by atoms with van der Waals surface area (Å²) in [5.74, 6) is -1.83. The second-order valence-corrected chi connectivity index (χ2v) is 6.72. The molecule has 0 aliphatic carbocycles. The number of aryl methyl sites for hydroxylation is 1. The van der Waals surface area contributed by atoms with Crippen LogP contribution in [-0.4, -0.2) is 20.6 Å². The molecule has 3 aromatic rings. The molecule has 1 aliphatic rings. The number of carbonyl (C=O) groups excluding carboxylic acids is 1. The number of hydrogen-bond acceptors (Lipinski definition) is 4. The van der Waals surface area contributed by atoms with Gasteiger partial charge in [-0.15, -0.1) is 0 Å². The minimum atomic E-state index is -0.750. The monoisotopic (exact) mass is 370 g/mol. The van der Waals surface area contributed by atoms with Crippen molar-refractivity contribution in [3.05, 3.63) is 64.8 Å². The molecule has 0 saturated carbocycles. The number of carbonyl (C=O) groups is 1. The van der Waals surface area contributed by atoms with Crippen LogP contribution >= 0.6 is 11.8 Å². The number of fused-ring (bicyclic) bond motifs is 1. The fourth-order valence-electron chi connectivity index (χ4n) is 2.55. The number of rotatable bonds is 2. The first-order valence-corrected chi connectivity index (χ1v) is 8.47. The number of amidine groups is 1. The van der Waals surface area contributed by atoms with Gasteiger partial charge in [-0.3, -0.25) is 4.79 Å². The van der Waals surface area contributed by atoms with E-state index in [2.05, 4.69) is 15.3 Å². The molecule has 1 amide bonds. The molecule has 8 heteroatoms. The molecule has 0 radical (unpaired) electrons. The Morgan fingerprint density at radius 2 is 2.04 bits per heavy atom. The zero-order valence-corrected chi connectivity index (χ0v) is 14.3. The lowest BCUT2D eigenvalue weighted by molar-refractivity contribution is -0.113. The van der Waals surface area contributed by atoms with Gasteiger partial charge in [-0.2, -0.15) is 4.99 Å². The zero-order valence-electron chi connectivity index (χ0n) is 13.5. The number of aliphatic imine (C=N–C) groups is 1. The molecular weight excluding hydrogens is 358 g/mol. The number of thioether (sulfide) groups is 1. The summed E-state index contributed by atoms with van der Waals surface area (Å²) >= 11 is 1.10. The number of nitrogens with one attached hydrogen (secondary N) is 1. The van der Waals surface area contributed by atoms with Crippen molar-refractivity contribution in [2.75, 3.05) is 5.32 Å². The van der Waals surface area contributed by atoms with Crippen LogP contribution in [0.4, 0.5) is 14.5 Å². The van der Waals surface area contributed by atoms with Crippen LogP contribution in [0.25, 0.3) is 17.1 Å². The Morgan fingerprint density at radius 1 is 1.19 bits per heavy atom. The molecule has 1 aromatic heterocycles. The fraction of sp³-hybridized carbons (Fsp3) is 0.0556. The third-order valence-electron chi connectivity index (χ3n) is 3.84. The Kier molecular flexibility index (Phi) is 4.04. The van der Waals surface area contributed by atoms with Gasteiger partial charge in [0.2, 0.25) is 0 Å². The molecule has 5 nitrogen and oxygen atoms in total. The molecular formula is C18H12F2N4OS. The molecule has 0 spiro atoms. The van der Waals surface area contributed by atoms with E-state index < -0.39 is 17.5 Å². The van der Waals surface area contributed by atoms with E-state index in [1.54, 1.807) is 12.4 Å². The molecule has 130 valence electrons. The second-order valence-electron chi connectivity index (χ2n) is 5.69. The van der Waals surface area contributed by atoms with E-state index in [1.165, 1.54) is 6.07 Å². The summed E-state index contributed by atoms with van der Waals surface area (Å²) in [6.45, 7) is 0. The maximum atomic E-state index is 13.7. The van der Waals surface area contributed by atoms with E-state index >= 15 is 0 Å². The van der Waals surface area contributed by atoms with Gasteiger partial charge >= 0.3 is 0 Å². The Labute approximate surface area is 151 Å². The smallest absolute Gasteiger partial charge is 0.286 e. The van der Waals surface area contributed by atoms with Gasteiger partial charge in [0.05, 0.1) is 28.0 Å². The Hall–Kier alpha value is -3.00. The molecule has 0 unspecified atom stereocenters. The fourth-order valence-corrected chi connectivity index (χ4v) is 3.38. The summed E-state index contributed by atoms with van der Waals surface area (Å²) in [6, 6.07) is 8.82. The van der Waals surface area contributed by atoms with Crippen LogP contribution in [0.1, 0.15) is 5.56 Å². The maximum absolute atomic E-state index is 13.7. The van der Waals surface area contributed by atoms with Crippen LogP contribution in [0.3, 0.4) is 0 Å². The SMILES string of the molecule is Cn1cnc2ccc(/C=C3\SC(Nc4ccc(F)cc4F)=NC3=O)cc21. The number of amides is 1. The van der Waals surface area contributed by atoms with E-state index in [9.17, 15) is 13.6 Å². The zero-order chi connectivity index (χ0) is 18.3. The van der Waals surface area contributed by atoms with Gasteiger partial charge in [-0.1, -0.05) is 6.07 Å². The van der Waals surface area contributed by atoms with Crippen molar-refractivity contribution in [3.63, 3.8) is 0 Å². The van der Waals surface area contributed by atoms with E-state index in [0.29, 0.717) is 4.91 Å². The molecule has 0 fully saturated rings. The highest BCUT2D eigenvalue weighted by Crippen LogP contribution is 2.30. The number of benzene rings is 2. The highest BCUT2D eigenvalue weighted by molar-refractivity contribution is 8.18. The third-order valence-corrected chi connectivity index (χ3v) is 4.74. The lowest BCUT2D eigenvalue weighted by Gasteiger charge is -2.05. The minimum Gasteiger partial charge on any atom is -0.334 e.